The van der Waals surface area contributed by atoms with Crippen molar-refractivity contribution in [2.75, 3.05) is 6.61 Å². The third-order valence-electron chi connectivity index (χ3n) is 3.88. The molecule has 1 aromatic carbocycles. The predicted octanol–water partition coefficient (Wildman–Crippen LogP) is 2.39. The van der Waals surface area contributed by atoms with Crippen molar-refractivity contribution in [1.82, 2.24) is 9.88 Å². The summed E-state index contributed by atoms with van der Waals surface area (Å²) in [6.07, 6.45) is 0. The number of hydrogen-bond donors (Lipinski definition) is 1. The van der Waals surface area contributed by atoms with Crippen molar-refractivity contribution in [3.63, 3.8) is 0 Å². The van der Waals surface area contributed by atoms with Gasteiger partial charge in [0.25, 0.3) is 5.91 Å². The van der Waals surface area contributed by atoms with Crippen LogP contribution < -0.4 is 10.2 Å². The number of carbonyl (C=O) groups is 2. The van der Waals surface area contributed by atoms with Gasteiger partial charge in [0.1, 0.15) is 17.9 Å². The van der Waals surface area contributed by atoms with Crippen LogP contribution in [-0.2, 0) is 20.9 Å². The van der Waals surface area contributed by atoms with E-state index in [2.05, 4.69) is 5.32 Å². The topological polar surface area (TPSA) is 90.5 Å². The number of para-hydroxylation sites is 1. The Morgan fingerprint density at radius 1 is 1.35 bits per heavy atom. The number of benzene rings is 1. The van der Waals surface area contributed by atoms with Gasteiger partial charge in [0.2, 0.25) is 0 Å². The Bertz CT molecular complexity index is 967. The molecule has 2 heterocycles. The fraction of sp³-hybridized carbons (Fsp3) is 0.278. The molecule has 8 heteroatoms. The molecule has 0 unspecified atom stereocenters. The average Bonchev–Trinajstić information content (AvgIpc) is 3.18. The lowest BCUT2D eigenvalue weighted by Gasteiger charge is -2.11. The van der Waals surface area contributed by atoms with Crippen molar-refractivity contribution in [1.29, 1.82) is 0 Å². The van der Waals surface area contributed by atoms with E-state index in [0.29, 0.717) is 11.5 Å². The Kier molecular flexibility index (Phi) is 5.22. The first-order valence-electron chi connectivity index (χ1n) is 8.02. The lowest BCUT2D eigenvalue weighted by atomic mass is 10.2. The summed E-state index contributed by atoms with van der Waals surface area (Å²) in [7, 11) is 0. The van der Waals surface area contributed by atoms with Gasteiger partial charge in [-0.3, -0.25) is 19.0 Å². The Hall–Kier alpha value is -2.87. The number of esters is 1. The molecule has 1 N–H and O–H groups in total. The standard InChI is InChI=1S/C18H18N2O5S/c1-11-10-26-18(23)20(11)8-17(22)24-9-16(21)19-12(2)15-7-13-5-3-4-6-14(13)25-15/h3-7,10,12H,8-9H2,1-2H3,(H,19,21)/t12-/m1/s1. The molecule has 0 fully saturated rings. The van der Waals surface area contributed by atoms with Gasteiger partial charge in [-0.1, -0.05) is 29.5 Å². The molecule has 0 saturated carbocycles. The van der Waals surface area contributed by atoms with E-state index in [0.717, 1.165) is 22.3 Å². The van der Waals surface area contributed by atoms with E-state index in [-0.39, 0.29) is 17.5 Å². The van der Waals surface area contributed by atoms with Crippen molar-refractivity contribution in [3.05, 3.63) is 56.8 Å². The van der Waals surface area contributed by atoms with Gasteiger partial charge in [0.05, 0.1) is 6.04 Å². The summed E-state index contributed by atoms with van der Waals surface area (Å²) in [6.45, 7) is 2.89. The summed E-state index contributed by atoms with van der Waals surface area (Å²) < 4.78 is 11.9. The summed E-state index contributed by atoms with van der Waals surface area (Å²) in [5, 5.41) is 5.33. The molecular formula is C18H18N2O5S. The Labute approximate surface area is 153 Å². The zero-order valence-corrected chi connectivity index (χ0v) is 15.2. The summed E-state index contributed by atoms with van der Waals surface area (Å²) in [5.74, 6) is -0.466. The van der Waals surface area contributed by atoms with Crippen molar-refractivity contribution < 1.29 is 18.7 Å². The third kappa shape index (κ3) is 4.02. The highest BCUT2D eigenvalue weighted by Gasteiger charge is 2.16. The van der Waals surface area contributed by atoms with Crippen molar-refractivity contribution >= 4 is 34.2 Å². The minimum absolute atomic E-state index is 0.208. The molecule has 0 spiro atoms. The van der Waals surface area contributed by atoms with Gasteiger partial charge in [0, 0.05) is 16.5 Å². The van der Waals surface area contributed by atoms with E-state index in [1.807, 2.05) is 30.3 Å². The third-order valence-corrected chi connectivity index (χ3v) is 4.76. The molecule has 7 nitrogen and oxygen atoms in total. The number of aromatic nitrogens is 1. The van der Waals surface area contributed by atoms with E-state index in [1.54, 1.807) is 19.2 Å². The average molecular weight is 374 g/mol. The normalized spacial score (nSPS) is 12.1. The quantitative estimate of drug-likeness (QED) is 0.669. The molecule has 0 aliphatic rings. The largest absolute Gasteiger partial charge is 0.459 e. The van der Waals surface area contributed by atoms with Gasteiger partial charge < -0.3 is 14.5 Å². The van der Waals surface area contributed by atoms with Gasteiger partial charge in [-0.2, -0.15) is 0 Å². The summed E-state index contributed by atoms with van der Waals surface area (Å²) in [4.78, 5) is 35.1. The van der Waals surface area contributed by atoms with Crippen LogP contribution in [0, 0.1) is 6.92 Å². The second-order valence-corrected chi connectivity index (χ2v) is 6.69. The number of nitrogens with one attached hydrogen (secondary N) is 1. The highest BCUT2D eigenvalue weighted by atomic mass is 32.1. The van der Waals surface area contributed by atoms with Gasteiger partial charge >= 0.3 is 10.8 Å². The zero-order valence-electron chi connectivity index (χ0n) is 14.4. The first-order chi connectivity index (χ1) is 12.4. The fourth-order valence-electron chi connectivity index (χ4n) is 2.49. The van der Waals surface area contributed by atoms with E-state index in [1.165, 1.54) is 4.57 Å². The maximum atomic E-state index is 12.0. The Balaban J connectivity index is 1.52. The van der Waals surface area contributed by atoms with Gasteiger partial charge in [-0.05, 0) is 26.0 Å². The van der Waals surface area contributed by atoms with E-state index in [4.69, 9.17) is 9.15 Å². The SMILES string of the molecule is Cc1csc(=O)n1CC(=O)OCC(=O)N[C@H](C)c1cc2ccccc2o1. The van der Waals surface area contributed by atoms with Crippen LogP contribution in [0.15, 0.2) is 44.9 Å². The number of amides is 1. The molecule has 136 valence electrons. The van der Waals surface area contributed by atoms with E-state index in [9.17, 15) is 14.4 Å². The molecule has 3 aromatic rings. The smallest absolute Gasteiger partial charge is 0.326 e. The summed E-state index contributed by atoms with van der Waals surface area (Å²) in [5.41, 5.74) is 1.42. The number of fused-ring (bicyclic) bond motifs is 1. The van der Waals surface area contributed by atoms with Crippen LogP contribution in [-0.4, -0.2) is 23.1 Å². The monoisotopic (exact) mass is 374 g/mol. The van der Waals surface area contributed by atoms with Gasteiger partial charge in [-0.15, -0.1) is 0 Å². The summed E-state index contributed by atoms with van der Waals surface area (Å²) >= 11 is 1.01. The van der Waals surface area contributed by atoms with Crippen LogP contribution in [0.5, 0.6) is 0 Å². The molecule has 3 rings (SSSR count). The van der Waals surface area contributed by atoms with Crippen molar-refractivity contribution in [2.45, 2.75) is 26.4 Å². The molecular weight excluding hydrogens is 356 g/mol. The van der Waals surface area contributed by atoms with Crippen molar-refractivity contribution in [3.8, 4) is 0 Å². The number of furan rings is 1. The molecule has 0 aliphatic carbocycles. The second kappa shape index (κ2) is 7.57. The first-order valence-corrected chi connectivity index (χ1v) is 8.90. The van der Waals surface area contributed by atoms with Crippen LogP contribution in [0.3, 0.4) is 0 Å². The van der Waals surface area contributed by atoms with E-state index < -0.39 is 18.5 Å². The zero-order chi connectivity index (χ0) is 18.7. The number of carbonyl (C=O) groups excluding carboxylic acids is 2. The van der Waals surface area contributed by atoms with Crippen LogP contribution in [0.4, 0.5) is 0 Å². The number of nitrogens with zero attached hydrogens (tertiary/aromatic N) is 1. The second-order valence-electron chi connectivity index (χ2n) is 5.87. The highest BCUT2D eigenvalue weighted by Crippen LogP contribution is 2.23. The van der Waals surface area contributed by atoms with Crippen LogP contribution in [0.2, 0.25) is 0 Å². The van der Waals surface area contributed by atoms with E-state index >= 15 is 0 Å². The molecule has 0 saturated heterocycles. The molecule has 2 aromatic heterocycles. The minimum atomic E-state index is -0.639. The van der Waals surface area contributed by atoms with Gasteiger partial charge in [0.15, 0.2) is 6.61 Å². The number of aryl methyl sites for hydroxylation is 1. The maximum Gasteiger partial charge on any atom is 0.326 e. The molecule has 26 heavy (non-hydrogen) atoms. The number of hydrogen-bond acceptors (Lipinski definition) is 6. The summed E-state index contributed by atoms with van der Waals surface area (Å²) in [6, 6.07) is 9.05. The molecule has 0 radical (unpaired) electrons. The molecule has 1 atom stereocenters. The maximum absolute atomic E-state index is 12.0. The van der Waals surface area contributed by atoms with Crippen molar-refractivity contribution in [2.24, 2.45) is 0 Å². The Morgan fingerprint density at radius 3 is 2.81 bits per heavy atom. The van der Waals surface area contributed by atoms with Crippen LogP contribution in [0.25, 0.3) is 11.0 Å². The number of ether oxygens (including phenoxy) is 1. The first kappa shape index (κ1) is 17.9. The minimum Gasteiger partial charge on any atom is -0.459 e. The van der Waals surface area contributed by atoms with Crippen LogP contribution >= 0.6 is 11.3 Å². The molecule has 0 bridgehead atoms. The van der Waals surface area contributed by atoms with Gasteiger partial charge in [-0.25, -0.2) is 0 Å². The number of rotatable bonds is 6. The predicted molar refractivity (Wildman–Crippen MR) is 97.0 cm³/mol. The lowest BCUT2D eigenvalue weighted by Crippen LogP contribution is -2.32. The fourth-order valence-corrected chi connectivity index (χ4v) is 3.22. The Morgan fingerprint density at radius 2 is 2.12 bits per heavy atom. The lowest BCUT2D eigenvalue weighted by molar-refractivity contribution is -0.149. The molecule has 0 aliphatic heterocycles. The number of thiazole rings is 1. The highest BCUT2D eigenvalue weighted by molar-refractivity contribution is 7.07. The van der Waals surface area contributed by atoms with Crippen LogP contribution in [0.1, 0.15) is 24.4 Å². The molecule has 1 amide bonds.